The summed E-state index contributed by atoms with van der Waals surface area (Å²) in [5.74, 6) is 0.490. The Labute approximate surface area is 88.5 Å². The highest BCUT2D eigenvalue weighted by atomic mass is 32.2. The number of hydrogen-bond acceptors (Lipinski definition) is 6. The molecule has 2 N–H and O–H groups in total. The van der Waals surface area contributed by atoms with Gasteiger partial charge in [0, 0.05) is 6.92 Å². The number of ketones is 1. The maximum atomic E-state index is 11.2. The van der Waals surface area contributed by atoms with Crippen LogP contribution in [0.3, 0.4) is 0 Å². The Bertz CT molecular complexity index is 501. The SMILES string of the molecule is COc1nsc2sc(C(C)=O)c(N)c12. The average molecular weight is 228 g/mol. The van der Waals surface area contributed by atoms with Crippen LogP contribution in [-0.2, 0) is 0 Å². The molecule has 0 unspecified atom stereocenters. The van der Waals surface area contributed by atoms with Crippen molar-refractivity contribution >= 4 is 43.7 Å². The minimum Gasteiger partial charge on any atom is -0.480 e. The number of ether oxygens (including phenoxy) is 1. The molecular weight excluding hydrogens is 220 g/mol. The van der Waals surface area contributed by atoms with Crippen LogP contribution in [0.15, 0.2) is 0 Å². The number of methoxy groups -OCH3 is 1. The van der Waals surface area contributed by atoms with Gasteiger partial charge < -0.3 is 10.5 Å². The summed E-state index contributed by atoms with van der Waals surface area (Å²) >= 11 is 2.67. The van der Waals surface area contributed by atoms with Gasteiger partial charge in [-0.05, 0) is 11.5 Å². The second kappa shape index (κ2) is 3.21. The van der Waals surface area contributed by atoms with Gasteiger partial charge in [-0.1, -0.05) is 0 Å². The molecule has 0 radical (unpaired) electrons. The molecule has 6 heteroatoms. The molecule has 0 fully saturated rings. The Morgan fingerprint density at radius 2 is 2.29 bits per heavy atom. The number of rotatable bonds is 2. The molecule has 2 aromatic rings. The van der Waals surface area contributed by atoms with Crippen LogP contribution in [0.25, 0.3) is 9.40 Å². The normalized spacial score (nSPS) is 10.7. The Morgan fingerprint density at radius 3 is 2.86 bits per heavy atom. The zero-order valence-corrected chi connectivity index (χ0v) is 9.29. The maximum absolute atomic E-state index is 11.2. The first-order valence-corrected chi connectivity index (χ1v) is 5.46. The molecule has 74 valence electrons. The predicted molar refractivity (Wildman–Crippen MR) is 58.5 cm³/mol. The first kappa shape index (κ1) is 9.42. The molecule has 2 heterocycles. The molecule has 2 rings (SSSR count). The van der Waals surface area contributed by atoms with Gasteiger partial charge in [0.1, 0.15) is 4.01 Å². The predicted octanol–water partition coefficient (Wildman–Crippen LogP) is 2.15. The lowest BCUT2D eigenvalue weighted by molar-refractivity contribution is 0.102. The van der Waals surface area contributed by atoms with E-state index in [0.717, 1.165) is 9.40 Å². The van der Waals surface area contributed by atoms with E-state index in [1.54, 1.807) is 7.11 Å². The minimum absolute atomic E-state index is 0.0158. The van der Waals surface area contributed by atoms with E-state index in [4.69, 9.17) is 10.5 Å². The first-order chi connectivity index (χ1) is 6.65. The zero-order chi connectivity index (χ0) is 10.3. The third kappa shape index (κ3) is 1.18. The van der Waals surface area contributed by atoms with Crippen molar-refractivity contribution < 1.29 is 9.53 Å². The topological polar surface area (TPSA) is 65.2 Å². The van der Waals surface area contributed by atoms with Crippen molar-refractivity contribution in [3.8, 4) is 5.88 Å². The van der Waals surface area contributed by atoms with Crippen molar-refractivity contribution in [2.24, 2.45) is 0 Å². The van der Waals surface area contributed by atoms with Crippen molar-refractivity contribution in [2.45, 2.75) is 6.92 Å². The van der Waals surface area contributed by atoms with Crippen LogP contribution >= 0.6 is 22.9 Å². The van der Waals surface area contributed by atoms with E-state index in [-0.39, 0.29) is 5.78 Å². The second-order valence-corrected chi connectivity index (χ2v) is 4.81. The number of hydrogen-bond donors (Lipinski definition) is 1. The van der Waals surface area contributed by atoms with Gasteiger partial charge in [0.2, 0.25) is 5.88 Å². The Hall–Kier alpha value is -1.14. The molecule has 0 saturated carbocycles. The summed E-state index contributed by atoms with van der Waals surface area (Å²) in [6, 6.07) is 0. The van der Waals surface area contributed by atoms with Crippen LogP contribution in [-0.4, -0.2) is 17.3 Å². The van der Waals surface area contributed by atoms with E-state index in [1.807, 2.05) is 0 Å². The number of nitrogen functional groups attached to an aromatic ring is 1. The lowest BCUT2D eigenvalue weighted by atomic mass is 10.2. The molecule has 0 atom stereocenters. The van der Waals surface area contributed by atoms with Gasteiger partial charge in [-0.3, -0.25) is 4.79 Å². The first-order valence-electron chi connectivity index (χ1n) is 3.87. The van der Waals surface area contributed by atoms with Crippen LogP contribution in [0.5, 0.6) is 5.88 Å². The summed E-state index contributed by atoms with van der Waals surface area (Å²) in [6.07, 6.45) is 0. The molecule has 2 aromatic heterocycles. The molecule has 0 aliphatic heterocycles. The maximum Gasteiger partial charge on any atom is 0.235 e. The largest absolute Gasteiger partial charge is 0.480 e. The highest BCUT2D eigenvalue weighted by Gasteiger charge is 2.19. The Morgan fingerprint density at radius 1 is 1.57 bits per heavy atom. The summed E-state index contributed by atoms with van der Waals surface area (Å²) in [5.41, 5.74) is 6.33. The molecule has 0 amide bonds. The number of Topliss-reactive ketones (excluding diaryl/α,β-unsaturated/α-hetero) is 1. The van der Waals surface area contributed by atoms with E-state index < -0.39 is 0 Å². The van der Waals surface area contributed by atoms with Crippen molar-refractivity contribution in [1.29, 1.82) is 0 Å². The number of carbonyl (C=O) groups excluding carboxylic acids is 1. The van der Waals surface area contributed by atoms with Crippen LogP contribution in [0.1, 0.15) is 16.6 Å². The highest BCUT2D eigenvalue weighted by molar-refractivity contribution is 7.37. The fraction of sp³-hybridized carbons (Fsp3) is 0.250. The van der Waals surface area contributed by atoms with Gasteiger partial charge >= 0.3 is 0 Å². The van der Waals surface area contributed by atoms with Crippen molar-refractivity contribution in [1.82, 2.24) is 4.37 Å². The fourth-order valence-electron chi connectivity index (χ4n) is 1.22. The number of carbonyl (C=O) groups is 1. The molecule has 0 spiro atoms. The lowest BCUT2D eigenvalue weighted by Crippen LogP contribution is -1.94. The summed E-state index contributed by atoms with van der Waals surface area (Å²) in [4.78, 5) is 11.8. The summed E-state index contributed by atoms with van der Waals surface area (Å²) in [5, 5.41) is 0.771. The van der Waals surface area contributed by atoms with E-state index in [9.17, 15) is 4.79 Å². The van der Waals surface area contributed by atoms with Gasteiger partial charge in [0.05, 0.1) is 23.1 Å². The number of aromatic nitrogens is 1. The van der Waals surface area contributed by atoms with Crippen molar-refractivity contribution in [3.05, 3.63) is 4.88 Å². The highest BCUT2D eigenvalue weighted by Crippen LogP contribution is 2.41. The van der Waals surface area contributed by atoms with E-state index in [2.05, 4.69) is 4.37 Å². The summed E-state index contributed by atoms with van der Waals surface area (Å²) < 4.78 is 10.1. The molecule has 0 aromatic carbocycles. The molecule has 0 aliphatic carbocycles. The molecule has 14 heavy (non-hydrogen) atoms. The fourth-order valence-corrected chi connectivity index (χ4v) is 3.19. The van der Waals surface area contributed by atoms with Crippen molar-refractivity contribution in [3.63, 3.8) is 0 Å². The second-order valence-electron chi connectivity index (χ2n) is 2.76. The third-order valence-electron chi connectivity index (χ3n) is 1.85. The van der Waals surface area contributed by atoms with Crippen molar-refractivity contribution in [2.75, 3.05) is 12.8 Å². The Kier molecular flexibility index (Phi) is 2.16. The van der Waals surface area contributed by atoms with Gasteiger partial charge in [-0.2, -0.15) is 4.37 Å². The van der Waals surface area contributed by atoms with E-state index in [0.29, 0.717) is 16.4 Å². The van der Waals surface area contributed by atoms with Crippen LogP contribution in [0.4, 0.5) is 5.69 Å². The molecule has 0 aliphatic rings. The van der Waals surface area contributed by atoms with Crippen LogP contribution in [0, 0.1) is 0 Å². The standard InChI is InChI=1S/C8H8N2O2S2/c1-3(11)6-5(9)4-7(12-2)10-14-8(4)13-6/h9H2,1-2H3. The van der Waals surface area contributed by atoms with Gasteiger partial charge in [0.15, 0.2) is 5.78 Å². The monoisotopic (exact) mass is 228 g/mol. The van der Waals surface area contributed by atoms with Gasteiger partial charge in [-0.15, -0.1) is 11.3 Å². The molecule has 0 saturated heterocycles. The number of nitrogens with zero attached hydrogens (tertiary/aromatic N) is 1. The van der Waals surface area contributed by atoms with Crippen LogP contribution in [0.2, 0.25) is 0 Å². The van der Waals surface area contributed by atoms with Gasteiger partial charge in [0.25, 0.3) is 0 Å². The smallest absolute Gasteiger partial charge is 0.235 e. The van der Waals surface area contributed by atoms with Gasteiger partial charge in [-0.25, -0.2) is 0 Å². The lowest BCUT2D eigenvalue weighted by Gasteiger charge is -1.95. The minimum atomic E-state index is -0.0158. The molecule has 0 bridgehead atoms. The number of anilines is 1. The zero-order valence-electron chi connectivity index (χ0n) is 7.66. The molecule has 4 nitrogen and oxygen atoms in total. The quantitative estimate of drug-likeness (QED) is 0.800. The Balaban J connectivity index is 2.75. The van der Waals surface area contributed by atoms with Crippen LogP contribution < -0.4 is 10.5 Å². The summed E-state index contributed by atoms with van der Waals surface area (Å²) in [7, 11) is 1.54. The number of nitrogens with two attached hydrogens (primary N) is 1. The molecular formula is C8H8N2O2S2. The summed E-state index contributed by atoms with van der Waals surface area (Å²) in [6.45, 7) is 1.51. The number of thiophene rings is 1. The van der Waals surface area contributed by atoms with E-state index in [1.165, 1.54) is 29.8 Å². The van der Waals surface area contributed by atoms with E-state index >= 15 is 0 Å². The average Bonchev–Trinajstić information content (AvgIpc) is 2.66. The number of fused-ring (bicyclic) bond motifs is 1. The third-order valence-corrected chi connectivity index (χ3v) is 4.05.